The summed E-state index contributed by atoms with van der Waals surface area (Å²) in [5, 5.41) is 8.52. The van der Waals surface area contributed by atoms with Crippen LogP contribution in [-0.4, -0.2) is 48.2 Å². The van der Waals surface area contributed by atoms with Gasteiger partial charge in [0.2, 0.25) is 11.8 Å². The molecule has 0 radical (unpaired) electrons. The first-order valence-electron chi connectivity index (χ1n) is 14.0. The molecule has 0 aromatic heterocycles. The summed E-state index contributed by atoms with van der Waals surface area (Å²) in [6, 6.07) is 14.7. The summed E-state index contributed by atoms with van der Waals surface area (Å²) in [7, 11) is 0. The van der Waals surface area contributed by atoms with Gasteiger partial charge in [-0.3, -0.25) is 19.2 Å². The second-order valence-electron chi connectivity index (χ2n) is 11.6. The van der Waals surface area contributed by atoms with Crippen molar-refractivity contribution >= 4 is 23.6 Å². The van der Waals surface area contributed by atoms with Crippen molar-refractivity contribution in [3.05, 3.63) is 70.8 Å². The fourth-order valence-corrected chi connectivity index (χ4v) is 3.49. The van der Waals surface area contributed by atoms with E-state index in [1.165, 1.54) is 0 Å². The molecular weight excluding hydrogens is 504 g/mol. The van der Waals surface area contributed by atoms with Gasteiger partial charge in [0.25, 0.3) is 11.8 Å². The zero-order valence-corrected chi connectivity index (χ0v) is 25.7. The van der Waals surface area contributed by atoms with Crippen molar-refractivity contribution in [3.8, 4) is 0 Å². The number of carbonyl (C=O) groups excluding carboxylic acids is 4. The van der Waals surface area contributed by atoms with Crippen molar-refractivity contribution < 1.29 is 19.2 Å². The number of nitrogens with zero attached hydrogens (tertiary/aromatic N) is 1. The van der Waals surface area contributed by atoms with Crippen LogP contribution < -0.4 is 16.0 Å². The van der Waals surface area contributed by atoms with Crippen LogP contribution in [0.2, 0.25) is 0 Å². The molecule has 8 nitrogen and oxygen atoms in total. The van der Waals surface area contributed by atoms with E-state index in [0.717, 1.165) is 11.1 Å². The van der Waals surface area contributed by atoms with Crippen LogP contribution in [0.15, 0.2) is 48.5 Å². The first-order valence-corrected chi connectivity index (χ1v) is 14.0. The van der Waals surface area contributed by atoms with Crippen LogP contribution in [0.1, 0.15) is 94.2 Å². The SMILES string of the molecule is CCN(CC)C(=O)c1cccc(CNC(=O)C(C)(C)C)c1.CCNC(=O)c1cccc(CNC(=O)C(C)(C)C)c1. The van der Waals surface area contributed by atoms with E-state index in [2.05, 4.69) is 16.0 Å². The van der Waals surface area contributed by atoms with Gasteiger partial charge in [-0.1, -0.05) is 65.8 Å². The molecule has 0 saturated heterocycles. The van der Waals surface area contributed by atoms with Crippen LogP contribution in [0.5, 0.6) is 0 Å². The number of benzene rings is 2. The predicted octanol–water partition coefficient (Wildman–Crippen LogP) is 4.93. The molecule has 3 N–H and O–H groups in total. The van der Waals surface area contributed by atoms with Crippen LogP contribution >= 0.6 is 0 Å². The summed E-state index contributed by atoms with van der Waals surface area (Å²) < 4.78 is 0. The third-order valence-electron chi connectivity index (χ3n) is 6.02. The molecule has 4 amide bonds. The van der Waals surface area contributed by atoms with Crippen molar-refractivity contribution in [2.24, 2.45) is 10.8 Å². The third-order valence-corrected chi connectivity index (χ3v) is 6.02. The van der Waals surface area contributed by atoms with E-state index in [4.69, 9.17) is 0 Å². The van der Waals surface area contributed by atoms with Crippen molar-refractivity contribution in [2.75, 3.05) is 19.6 Å². The van der Waals surface area contributed by atoms with Gasteiger partial charge in [-0.05, 0) is 56.2 Å². The predicted molar refractivity (Wildman–Crippen MR) is 161 cm³/mol. The highest BCUT2D eigenvalue weighted by atomic mass is 16.2. The highest BCUT2D eigenvalue weighted by Gasteiger charge is 2.21. The van der Waals surface area contributed by atoms with Gasteiger partial charge in [-0.2, -0.15) is 0 Å². The molecular formula is C32H48N4O4. The molecule has 0 aliphatic heterocycles. The third kappa shape index (κ3) is 11.6. The topological polar surface area (TPSA) is 108 Å². The molecule has 2 rings (SSSR count). The molecule has 8 heteroatoms. The molecule has 2 aromatic carbocycles. The van der Waals surface area contributed by atoms with Gasteiger partial charge in [0.05, 0.1) is 0 Å². The van der Waals surface area contributed by atoms with E-state index in [1.807, 2.05) is 98.7 Å². The van der Waals surface area contributed by atoms with Gasteiger partial charge in [0, 0.05) is 54.7 Å². The Bertz CT molecular complexity index is 1140. The Labute approximate surface area is 240 Å². The van der Waals surface area contributed by atoms with E-state index < -0.39 is 10.8 Å². The summed E-state index contributed by atoms with van der Waals surface area (Å²) in [5.41, 5.74) is 2.32. The molecule has 0 bridgehead atoms. The highest BCUT2D eigenvalue weighted by Crippen LogP contribution is 2.15. The van der Waals surface area contributed by atoms with Crippen LogP contribution in [0.4, 0.5) is 0 Å². The Balaban J connectivity index is 0.000000402. The van der Waals surface area contributed by atoms with Gasteiger partial charge in [-0.25, -0.2) is 0 Å². The summed E-state index contributed by atoms with van der Waals surface area (Å²) in [5.74, 6) is -0.0608. The maximum atomic E-state index is 12.3. The van der Waals surface area contributed by atoms with Crippen LogP contribution in [0.25, 0.3) is 0 Å². The fraction of sp³-hybridized carbons (Fsp3) is 0.500. The zero-order chi connectivity index (χ0) is 30.5. The molecule has 40 heavy (non-hydrogen) atoms. The average Bonchev–Trinajstić information content (AvgIpc) is 2.90. The normalized spacial score (nSPS) is 11.0. The molecule has 0 heterocycles. The lowest BCUT2D eigenvalue weighted by Gasteiger charge is -2.20. The number of rotatable bonds is 9. The van der Waals surface area contributed by atoms with E-state index in [9.17, 15) is 19.2 Å². The Hall–Kier alpha value is -3.68. The molecule has 2 aromatic rings. The number of amides is 4. The lowest BCUT2D eigenvalue weighted by molar-refractivity contribution is -0.129. The largest absolute Gasteiger partial charge is 0.352 e. The first-order chi connectivity index (χ1) is 18.6. The summed E-state index contributed by atoms with van der Waals surface area (Å²) in [4.78, 5) is 49.4. The van der Waals surface area contributed by atoms with E-state index >= 15 is 0 Å². The highest BCUT2D eigenvalue weighted by molar-refractivity contribution is 5.95. The molecule has 0 saturated carbocycles. The fourth-order valence-electron chi connectivity index (χ4n) is 3.49. The van der Waals surface area contributed by atoms with Crippen molar-refractivity contribution in [1.29, 1.82) is 0 Å². The summed E-state index contributed by atoms with van der Waals surface area (Å²) >= 11 is 0. The molecule has 0 atom stereocenters. The molecule has 0 spiro atoms. The number of hydrogen-bond donors (Lipinski definition) is 3. The number of carbonyl (C=O) groups is 4. The van der Waals surface area contributed by atoms with Crippen LogP contribution in [-0.2, 0) is 22.7 Å². The second kappa shape index (κ2) is 15.8. The Kier molecular flexibility index (Phi) is 13.6. The van der Waals surface area contributed by atoms with Crippen molar-refractivity contribution in [1.82, 2.24) is 20.9 Å². The van der Waals surface area contributed by atoms with Gasteiger partial charge in [0.15, 0.2) is 0 Å². The Morgan fingerprint density at radius 3 is 1.48 bits per heavy atom. The maximum Gasteiger partial charge on any atom is 0.253 e. The van der Waals surface area contributed by atoms with Crippen molar-refractivity contribution in [2.45, 2.75) is 75.4 Å². The van der Waals surface area contributed by atoms with Gasteiger partial charge >= 0.3 is 0 Å². The van der Waals surface area contributed by atoms with Crippen LogP contribution in [0, 0.1) is 10.8 Å². The van der Waals surface area contributed by atoms with E-state index in [0.29, 0.717) is 43.9 Å². The molecule has 0 aliphatic carbocycles. The lowest BCUT2D eigenvalue weighted by Crippen LogP contribution is -2.34. The molecule has 0 unspecified atom stereocenters. The van der Waals surface area contributed by atoms with Crippen molar-refractivity contribution in [3.63, 3.8) is 0 Å². The minimum absolute atomic E-state index is 0.00275. The minimum Gasteiger partial charge on any atom is -0.352 e. The van der Waals surface area contributed by atoms with Gasteiger partial charge in [-0.15, -0.1) is 0 Å². The summed E-state index contributed by atoms with van der Waals surface area (Å²) in [6.07, 6.45) is 0. The van der Waals surface area contributed by atoms with E-state index in [-0.39, 0.29) is 23.6 Å². The minimum atomic E-state index is -0.408. The second-order valence-corrected chi connectivity index (χ2v) is 11.6. The molecule has 0 fully saturated rings. The standard InChI is InChI=1S/C17H26N2O2.C15H22N2O2/c1-6-19(7-2)15(20)14-10-8-9-13(11-14)12-18-16(21)17(3,4)5;1-5-16-13(18)12-8-6-7-11(9-12)10-17-14(19)15(2,3)4/h8-11H,6-7,12H2,1-5H3,(H,18,21);6-9H,5,10H2,1-4H3,(H,16,18)(H,17,19). The maximum absolute atomic E-state index is 12.3. The summed E-state index contributed by atoms with van der Waals surface area (Å²) in [6.45, 7) is 19.9. The van der Waals surface area contributed by atoms with Gasteiger partial charge < -0.3 is 20.9 Å². The zero-order valence-electron chi connectivity index (χ0n) is 25.7. The lowest BCUT2D eigenvalue weighted by atomic mass is 9.95. The molecule has 220 valence electrons. The van der Waals surface area contributed by atoms with Crippen LogP contribution in [0.3, 0.4) is 0 Å². The Morgan fingerprint density at radius 2 is 1.07 bits per heavy atom. The average molecular weight is 553 g/mol. The number of nitrogens with one attached hydrogen (secondary N) is 3. The quantitative estimate of drug-likeness (QED) is 0.410. The smallest absolute Gasteiger partial charge is 0.253 e. The van der Waals surface area contributed by atoms with Gasteiger partial charge in [0.1, 0.15) is 0 Å². The molecule has 0 aliphatic rings. The number of hydrogen-bond acceptors (Lipinski definition) is 4. The van der Waals surface area contributed by atoms with E-state index in [1.54, 1.807) is 17.0 Å². The first kappa shape index (κ1) is 34.3. The monoisotopic (exact) mass is 552 g/mol. The Morgan fingerprint density at radius 1 is 0.650 bits per heavy atom.